The lowest BCUT2D eigenvalue weighted by Crippen LogP contribution is -2.03. The van der Waals surface area contributed by atoms with E-state index in [0.717, 1.165) is 6.20 Å². The summed E-state index contributed by atoms with van der Waals surface area (Å²) in [5.41, 5.74) is -0.241. The maximum absolute atomic E-state index is 10.6. The van der Waals surface area contributed by atoms with Gasteiger partial charge in [-0.3, -0.25) is 4.98 Å². The van der Waals surface area contributed by atoms with Gasteiger partial charge < -0.3 is 10.2 Å². The Kier molecular flexibility index (Phi) is 1.53. The van der Waals surface area contributed by atoms with Crippen LogP contribution in [0.2, 0.25) is 0 Å². The number of hydrogen-bond donors (Lipinski definition) is 1. The number of carboxylic acid groups (broad SMARTS) is 1. The van der Waals surface area contributed by atoms with Gasteiger partial charge >= 0.3 is 5.97 Å². The maximum atomic E-state index is 10.6. The van der Waals surface area contributed by atoms with Crippen LogP contribution >= 0.6 is 0 Å². The fourth-order valence-electron chi connectivity index (χ4n) is 0.557. The maximum Gasteiger partial charge on any atom is 0.335 e. The Hall–Kier alpha value is -1.58. The summed E-state index contributed by atoms with van der Waals surface area (Å²) in [5, 5.41) is 19.0. The molecule has 4 nitrogen and oxygen atoms in total. The molecule has 0 unspecified atom stereocenters. The molecule has 1 rings (SSSR count). The molecule has 0 saturated carbocycles. The van der Waals surface area contributed by atoms with Crippen molar-refractivity contribution in [3.8, 4) is 5.75 Å². The molecule has 4 heteroatoms. The molecule has 1 aromatic rings. The normalized spacial score (nSPS) is 9.20. The first-order chi connectivity index (χ1) is 4.72. The molecule has 0 radical (unpaired) electrons. The molecule has 0 aromatic carbocycles. The van der Waals surface area contributed by atoms with Gasteiger partial charge in [-0.1, -0.05) is 5.75 Å². The molecule has 1 heterocycles. The summed E-state index contributed by atoms with van der Waals surface area (Å²) in [6.45, 7) is 0. The fraction of sp³-hybridized carbons (Fsp3) is 0. The monoisotopic (exact) mass is 138 g/mol. The zero-order valence-corrected chi connectivity index (χ0v) is 4.94. The van der Waals surface area contributed by atoms with E-state index in [-0.39, 0.29) is 5.56 Å². The van der Waals surface area contributed by atoms with Crippen LogP contribution in [0.1, 0.15) is 10.4 Å². The first kappa shape index (κ1) is 6.54. The van der Waals surface area contributed by atoms with Gasteiger partial charge in [-0.2, -0.15) is 0 Å². The van der Waals surface area contributed by atoms with Gasteiger partial charge in [-0.15, -0.1) is 0 Å². The Morgan fingerprint density at radius 1 is 1.70 bits per heavy atom. The van der Waals surface area contributed by atoms with Crippen molar-refractivity contribution in [2.45, 2.75) is 0 Å². The predicted molar refractivity (Wildman–Crippen MR) is 30.6 cm³/mol. The molecule has 1 N–H and O–H groups in total. The van der Waals surface area contributed by atoms with Crippen LogP contribution in [0.15, 0.2) is 18.5 Å². The molecule has 0 amide bonds. The van der Waals surface area contributed by atoms with E-state index in [1.807, 2.05) is 0 Å². The van der Waals surface area contributed by atoms with E-state index in [9.17, 15) is 9.90 Å². The lowest BCUT2D eigenvalue weighted by atomic mass is 10.2. The van der Waals surface area contributed by atoms with Crippen molar-refractivity contribution in [1.82, 2.24) is 4.98 Å². The smallest absolute Gasteiger partial charge is 0.335 e. The third-order valence-corrected chi connectivity index (χ3v) is 1.01. The van der Waals surface area contributed by atoms with Crippen LogP contribution in [0.5, 0.6) is 5.75 Å². The van der Waals surface area contributed by atoms with Gasteiger partial charge in [0.2, 0.25) is 0 Å². The molecule has 0 saturated heterocycles. The topological polar surface area (TPSA) is 73.2 Å². The van der Waals surface area contributed by atoms with E-state index in [4.69, 9.17) is 5.11 Å². The summed E-state index contributed by atoms with van der Waals surface area (Å²) in [6, 6.07) is 1.17. The first-order valence-corrected chi connectivity index (χ1v) is 2.56. The van der Waals surface area contributed by atoms with Crippen LogP contribution in [-0.2, 0) is 0 Å². The van der Waals surface area contributed by atoms with Crippen LogP contribution in [0.25, 0.3) is 0 Å². The highest BCUT2D eigenvalue weighted by Gasteiger charge is 2.00. The number of pyridine rings is 1. The third kappa shape index (κ3) is 1.05. The van der Waals surface area contributed by atoms with Crippen LogP contribution in [-0.4, -0.2) is 16.1 Å². The molecule has 0 aliphatic carbocycles. The Balaban J connectivity index is 3.15. The van der Waals surface area contributed by atoms with Crippen molar-refractivity contribution < 1.29 is 15.0 Å². The largest absolute Gasteiger partial charge is 0.871 e. The van der Waals surface area contributed by atoms with Crippen LogP contribution in [0, 0.1) is 0 Å². The van der Waals surface area contributed by atoms with E-state index in [1.54, 1.807) is 0 Å². The molecule has 0 aliphatic rings. The molecule has 52 valence electrons. The van der Waals surface area contributed by atoms with Crippen molar-refractivity contribution in [2.24, 2.45) is 0 Å². The molecule has 1 aromatic heterocycles. The standard InChI is InChI=1S/C6H5NO3/c8-5-3-7-2-1-4(5)6(9)10/h1-3,8H,(H,9,10)/p-1. The SMILES string of the molecule is O=C(O)c1ccncc1[O-]. The minimum atomic E-state index is -1.22. The summed E-state index contributed by atoms with van der Waals surface area (Å²) in [7, 11) is 0. The summed E-state index contributed by atoms with van der Waals surface area (Å²) >= 11 is 0. The second kappa shape index (κ2) is 2.34. The van der Waals surface area contributed by atoms with Crippen molar-refractivity contribution in [3.05, 3.63) is 24.0 Å². The van der Waals surface area contributed by atoms with Crippen molar-refractivity contribution in [3.63, 3.8) is 0 Å². The quantitative estimate of drug-likeness (QED) is 0.585. The number of rotatable bonds is 1. The zero-order chi connectivity index (χ0) is 7.56. The third-order valence-electron chi connectivity index (χ3n) is 1.01. The van der Waals surface area contributed by atoms with Crippen LogP contribution < -0.4 is 5.11 Å². The average molecular weight is 138 g/mol. The molecule has 0 spiro atoms. The number of aromatic carboxylic acids is 1. The van der Waals surface area contributed by atoms with Crippen LogP contribution in [0.3, 0.4) is 0 Å². The fourth-order valence-corrected chi connectivity index (χ4v) is 0.557. The predicted octanol–water partition coefficient (Wildman–Crippen LogP) is -0.147. The number of aromatic nitrogens is 1. The minimum absolute atomic E-state index is 0.241. The highest BCUT2D eigenvalue weighted by atomic mass is 16.4. The molecular weight excluding hydrogens is 134 g/mol. The van der Waals surface area contributed by atoms with Gasteiger partial charge in [0.15, 0.2) is 0 Å². The lowest BCUT2D eigenvalue weighted by molar-refractivity contribution is -0.269. The summed E-state index contributed by atoms with van der Waals surface area (Å²) in [6.07, 6.45) is 2.24. The highest BCUT2D eigenvalue weighted by Crippen LogP contribution is 2.08. The second-order valence-electron chi connectivity index (χ2n) is 1.68. The molecule has 0 aliphatic heterocycles. The second-order valence-corrected chi connectivity index (χ2v) is 1.68. The van der Waals surface area contributed by atoms with Gasteiger partial charge in [0, 0.05) is 12.4 Å². The van der Waals surface area contributed by atoms with E-state index in [1.165, 1.54) is 12.3 Å². The van der Waals surface area contributed by atoms with E-state index >= 15 is 0 Å². The van der Waals surface area contributed by atoms with Gasteiger partial charge in [0.25, 0.3) is 0 Å². The van der Waals surface area contributed by atoms with E-state index in [2.05, 4.69) is 4.98 Å². The van der Waals surface area contributed by atoms with Gasteiger partial charge in [-0.05, 0) is 6.07 Å². The van der Waals surface area contributed by atoms with E-state index < -0.39 is 11.7 Å². The van der Waals surface area contributed by atoms with Crippen molar-refractivity contribution >= 4 is 5.97 Å². The first-order valence-electron chi connectivity index (χ1n) is 2.56. The van der Waals surface area contributed by atoms with Crippen LogP contribution in [0.4, 0.5) is 0 Å². The summed E-state index contributed by atoms with van der Waals surface area (Å²) < 4.78 is 0. The molecule has 0 atom stereocenters. The summed E-state index contributed by atoms with van der Waals surface area (Å²) in [5.74, 6) is -1.78. The average Bonchev–Trinajstić information content (AvgIpc) is 1.88. The molecule has 0 bridgehead atoms. The molecule has 10 heavy (non-hydrogen) atoms. The summed E-state index contributed by atoms with van der Waals surface area (Å²) in [4.78, 5) is 13.6. The van der Waals surface area contributed by atoms with Gasteiger partial charge in [0.1, 0.15) is 0 Å². The molecular formula is C6H4NO3-. The van der Waals surface area contributed by atoms with Crippen molar-refractivity contribution in [2.75, 3.05) is 0 Å². The molecule has 0 fully saturated rings. The Morgan fingerprint density at radius 3 is 2.80 bits per heavy atom. The van der Waals surface area contributed by atoms with Gasteiger partial charge in [0.05, 0.1) is 5.56 Å². The Labute approximate surface area is 56.8 Å². The zero-order valence-electron chi connectivity index (χ0n) is 4.94. The lowest BCUT2D eigenvalue weighted by Gasteiger charge is -2.06. The Morgan fingerprint density at radius 2 is 2.40 bits per heavy atom. The van der Waals surface area contributed by atoms with Gasteiger partial charge in [-0.25, -0.2) is 4.79 Å². The minimum Gasteiger partial charge on any atom is -0.871 e. The number of hydrogen-bond acceptors (Lipinski definition) is 3. The Bertz CT molecular complexity index is 259. The van der Waals surface area contributed by atoms with Crippen molar-refractivity contribution in [1.29, 1.82) is 0 Å². The number of carbonyl (C=O) groups is 1. The number of nitrogens with zero attached hydrogens (tertiary/aromatic N) is 1. The van der Waals surface area contributed by atoms with E-state index in [0.29, 0.717) is 0 Å². The highest BCUT2D eigenvalue weighted by molar-refractivity contribution is 5.90. The number of carboxylic acids is 1.